The number of nitrogens with zero attached hydrogens (tertiary/aromatic N) is 3. The predicted octanol–water partition coefficient (Wildman–Crippen LogP) is 3.77. The molecule has 0 spiro atoms. The minimum absolute atomic E-state index is 0. The van der Waals surface area contributed by atoms with Gasteiger partial charge in [-0.1, -0.05) is 18.2 Å². The van der Waals surface area contributed by atoms with Crippen LogP contribution in [0, 0.1) is 5.82 Å². The number of rotatable bonds is 5. The maximum absolute atomic E-state index is 13.8. The number of H-pyrrole nitrogens is 1. The Hall–Kier alpha value is -2.44. The largest absolute Gasteiger partial charge is 0.494 e. The van der Waals surface area contributed by atoms with Crippen molar-refractivity contribution >= 4 is 12.4 Å². The lowest BCUT2D eigenvalue weighted by atomic mass is 10.1. The number of aromatic nitrogens is 3. The third-order valence-electron chi connectivity index (χ3n) is 3.59. The molecule has 132 valence electrons. The number of benzene rings is 2. The van der Waals surface area contributed by atoms with Crippen molar-refractivity contribution in [2.75, 3.05) is 21.2 Å². The summed E-state index contributed by atoms with van der Waals surface area (Å²) in [5, 5.41) is 7.12. The van der Waals surface area contributed by atoms with Crippen molar-refractivity contribution in [3.05, 3.63) is 53.8 Å². The summed E-state index contributed by atoms with van der Waals surface area (Å²) in [5.74, 6) is 0.877. The Bertz CT molecular complexity index is 851. The summed E-state index contributed by atoms with van der Waals surface area (Å²) in [6.07, 6.45) is 0. The van der Waals surface area contributed by atoms with Crippen LogP contribution < -0.4 is 4.74 Å². The Morgan fingerprint density at radius 2 is 1.92 bits per heavy atom. The zero-order valence-corrected chi connectivity index (χ0v) is 15.1. The van der Waals surface area contributed by atoms with Gasteiger partial charge in [-0.2, -0.15) is 5.10 Å². The second-order valence-electron chi connectivity index (χ2n) is 5.80. The molecule has 3 aromatic rings. The Balaban J connectivity index is 0.00000225. The third kappa shape index (κ3) is 4.35. The highest BCUT2D eigenvalue weighted by atomic mass is 35.5. The molecule has 0 saturated carbocycles. The maximum atomic E-state index is 13.8. The van der Waals surface area contributed by atoms with E-state index in [2.05, 4.69) is 32.2 Å². The highest BCUT2D eigenvalue weighted by Gasteiger charge is 2.11. The van der Waals surface area contributed by atoms with Gasteiger partial charge in [0.05, 0.1) is 7.11 Å². The number of ether oxygens (including phenoxy) is 1. The van der Waals surface area contributed by atoms with E-state index in [1.807, 2.05) is 26.2 Å². The summed E-state index contributed by atoms with van der Waals surface area (Å²) in [6.45, 7) is 0.842. The van der Waals surface area contributed by atoms with Crippen molar-refractivity contribution < 1.29 is 9.13 Å². The molecule has 2 aromatic carbocycles. The average molecular weight is 363 g/mol. The van der Waals surface area contributed by atoms with Crippen LogP contribution in [0.4, 0.5) is 4.39 Å². The summed E-state index contributed by atoms with van der Waals surface area (Å²) in [6, 6.07) is 12.8. The van der Waals surface area contributed by atoms with Crippen molar-refractivity contribution in [1.82, 2.24) is 20.1 Å². The monoisotopic (exact) mass is 362 g/mol. The zero-order chi connectivity index (χ0) is 17.1. The number of methoxy groups -OCH3 is 1. The Morgan fingerprint density at radius 1 is 1.12 bits per heavy atom. The number of hydrogen-bond donors (Lipinski definition) is 1. The molecule has 0 unspecified atom stereocenters. The van der Waals surface area contributed by atoms with Crippen LogP contribution in [0.2, 0.25) is 0 Å². The first-order valence-electron chi connectivity index (χ1n) is 7.57. The fraction of sp³-hybridized carbons (Fsp3) is 0.222. The molecule has 0 saturated heterocycles. The van der Waals surface area contributed by atoms with Gasteiger partial charge in [0.25, 0.3) is 0 Å². The van der Waals surface area contributed by atoms with Crippen molar-refractivity contribution in [3.8, 4) is 28.5 Å². The predicted molar refractivity (Wildman–Crippen MR) is 98.4 cm³/mol. The molecule has 0 bridgehead atoms. The average Bonchev–Trinajstić information content (AvgIpc) is 3.04. The molecule has 1 aromatic heterocycles. The lowest BCUT2D eigenvalue weighted by molar-refractivity contribution is 0.386. The van der Waals surface area contributed by atoms with Crippen molar-refractivity contribution in [2.45, 2.75) is 6.54 Å². The third-order valence-corrected chi connectivity index (χ3v) is 3.59. The van der Waals surface area contributed by atoms with Gasteiger partial charge < -0.3 is 9.64 Å². The van der Waals surface area contributed by atoms with E-state index in [0.29, 0.717) is 17.2 Å². The first kappa shape index (κ1) is 18.9. The molecule has 0 atom stereocenters. The van der Waals surface area contributed by atoms with Gasteiger partial charge in [0.1, 0.15) is 0 Å². The number of halogens is 2. The van der Waals surface area contributed by atoms with Gasteiger partial charge in [0, 0.05) is 17.7 Å². The van der Waals surface area contributed by atoms with Crippen LogP contribution in [0.25, 0.3) is 22.8 Å². The second kappa shape index (κ2) is 8.09. The molecule has 1 N–H and O–H groups in total. The fourth-order valence-corrected chi connectivity index (χ4v) is 2.51. The van der Waals surface area contributed by atoms with Crippen LogP contribution >= 0.6 is 12.4 Å². The van der Waals surface area contributed by atoms with Gasteiger partial charge >= 0.3 is 0 Å². The van der Waals surface area contributed by atoms with Crippen LogP contribution in [-0.2, 0) is 6.54 Å². The number of hydrogen-bond acceptors (Lipinski definition) is 4. The first-order valence-corrected chi connectivity index (χ1v) is 7.57. The molecule has 5 nitrogen and oxygen atoms in total. The zero-order valence-electron chi connectivity index (χ0n) is 14.3. The second-order valence-corrected chi connectivity index (χ2v) is 5.80. The quantitative estimate of drug-likeness (QED) is 0.750. The summed E-state index contributed by atoms with van der Waals surface area (Å²) >= 11 is 0. The van der Waals surface area contributed by atoms with Crippen LogP contribution in [0.15, 0.2) is 42.5 Å². The van der Waals surface area contributed by atoms with E-state index >= 15 is 0 Å². The van der Waals surface area contributed by atoms with Gasteiger partial charge in [-0.3, -0.25) is 5.10 Å². The summed E-state index contributed by atoms with van der Waals surface area (Å²) in [5.41, 5.74) is 2.72. The molecule has 0 amide bonds. The van der Waals surface area contributed by atoms with Crippen LogP contribution in [0.1, 0.15) is 5.56 Å². The topological polar surface area (TPSA) is 54.0 Å². The number of aromatic amines is 1. The lowest BCUT2D eigenvalue weighted by Gasteiger charge is -2.09. The fourth-order valence-electron chi connectivity index (χ4n) is 2.51. The minimum atomic E-state index is -0.430. The number of nitrogens with one attached hydrogen (secondary N) is 1. The highest BCUT2D eigenvalue weighted by Crippen LogP contribution is 2.25. The van der Waals surface area contributed by atoms with Gasteiger partial charge in [-0.15, -0.1) is 12.4 Å². The Labute approximate surface area is 152 Å². The van der Waals surface area contributed by atoms with Gasteiger partial charge in [-0.05, 0) is 43.9 Å². The van der Waals surface area contributed by atoms with E-state index in [1.165, 1.54) is 18.7 Å². The van der Waals surface area contributed by atoms with Gasteiger partial charge in [0.15, 0.2) is 23.2 Å². The van der Waals surface area contributed by atoms with E-state index in [9.17, 15) is 4.39 Å². The summed E-state index contributed by atoms with van der Waals surface area (Å²) in [4.78, 5) is 6.58. The standard InChI is InChI=1S/C18H19FN4O.ClH/c1-23(2)11-12-5-4-6-13(9-12)17-20-18(22-21-17)14-7-8-16(24-3)15(19)10-14;/h4-10H,11H2,1-3H3,(H,20,21,22);1H. The van der Waals surface area contributed by atoms with E-state index in [-0.39, 0.29) is 18.2 Å². The SMILES string of the molecule is COc1ccc(-c2nc(-c3cccc(CN(C)C)c3)n[nH]2)cc1F.Cl. The minimum Gasteiger partial charge on any atom is -0.494 e. The summed E-state index contributed by atoms with van der Waals surface area (Å²) < 4.78 is 18.8. The van der Waals surface area contributed by atoms with E-state index in [4.69, 9.17) is 4.74 Å². The van der Waals surface area contributed by atoms with Gasteiger partial charge in [-0.25, -0.2) is 9.37 Å². The molecule has 0 aliphatic heterocycles. The van der Waals surface area contributed by atoms with Crippen LogP contribution in [0.5, 0.6) is 5.75 Å². The van der Waals surface area contributed by atoms with Crippen LogP contribution in [0.3, 0.4) is 0 Å². The van der Waals surface area contributed by atoms with E-state index < -0.39 is 5.82 Å². The smallest absolute Gasteiger partial charge is 0.181 e. The molecular weight excluding hydrogens is 343 g/mol. The van der Waals surface area contributed by atoms with Crippen molar-refractivity contribution in [1.29, 1.82) is 0 Å². The Kier molecular flexibility index (Phi) is 6.12. The molecule has 0 fully saturated rings. The molecule has 0 radical (unpaired) electrons. The molecule has 25 heavy (non-hydrogen) atoms. The normalized spacial score (nSPS) is 10.6. The first-order chi connectivity index (χ1) is 11.6. The molecular formula is C18H20ClFN4O. The van der Waals surface area contributed by atoms with Crippen molar-refractivity contribution in [2.24, 2.45) is 0 Å². The molecule has 3 rings (SSSR count). The lowest BCUT2D eigenvalue weighted by Crippen LogP contribution is -2.10. The molecule has 7 heteroatoms. The molecule has 0 aliphatic carbocycles. The van der Waals surface area contributed by atoms with E-state index in [1.54, 1.807) is 12.1 Å². The van der Waals surface area contributed by atoms with Gasteiger partial charge in [0.2, 0.25) is 0 Å². The van der Waals surface area contributed by atoms with E-state index in [0.717, 1.165) is 12.1 Å². The maximum Gasteiger partial charge on any atom is 0.181 e. The summed E-state index contributed by atoms with van der Waals surface area (Å²) in [7, 11) is 5.48. The molecule has 0 aliphatic rings. The highest BCUT2D eigenvalue weighted by molar-refractivity contribution is 5.85. The van der Waals surface area contributed by atoms with Crippen LogP contribution in [-0.4, -0.2) is 41.3 Å². The van der Waals surface area contributed by atoms with Crippen molar-refractivity contribution in [3.63, 3.8) is 0 Å². The Morgan fingerprint density at radius 3 is 2.60 bits per heavy atom. The molecule has 1 heterocycles.